The van der Waals surface area contributed by atoms with Crippen molar-refractivity contribution in [1.82, 2.24) is 4.73 Å². The molecule has 1 heterocycles. The molecule has 24 heavy (non-hydrogen) atoms. The number of carboxylic acid groups (broad SMARTS) is 1. The first-order valence-corrected chi connectivity index (χ1v) is 6.51. The number of aromatic carboxylic acids is 1. The minimum absolute atomic E-state index is 0.0252. The fourth-order valence-corrected chi connectivity index (χ4v) is 1.79. The molecule has 2 rings (SSSR count). The number of pyridine rings is 1. The zero-order chi connectivity index (χ0) is 17.7. The Kier molecular flexibility index (Phi) is 4.90. The number of carbonyl (C=O) groups is 2. The van der Waals surface area contributed by atoms with Gasteiger partial charge in [-0.1, -0.05) is 12.1 Å². The zero-order valence-electron chi connectivity index (χ0n) is 12.0. The molecular formula is C14H11N3O7. The van der Waals surface area contributed by atoms with Crippen molar-refractivity contribution in [3.63, 3.8) is 0 Å². The predicted octanol–water partition coefficient (Wildman–Crippen LogP) is 0.522. The number of nitro benzene ring substituents is 1. The Morgan fingerprint density at radius 3 is 2.62 bits per heavy atom. The van der Waals surface area contributed by atoms with Crippen molar-refractivity contribution in [2.24, 2.45) is 0 Å². The number of aromatic nitrogens is 1. The van der Waals surface area contributed by atoms with Gasteiger partial charge in [-0.05, 0) is 18.2 Å². The zero-order valence-corrected chi connectivity index (χ0v) is 12.0. The van der Waals surface area contributed by atoms with Crippen LogP contribution in [0.1, 0.15) is 10.4 Å². The van der Waals surface area contributed by atoms with E-state index in [2.05, 4.69) is 5.32 Å². The van der Waals surface area contributed by atoms with Gasteiger partial charge in [0.1, 0.15) is 11.3 Å². The molecule has 1 aromatic heterocycles. The van der Waals surface area contributed by atoms with E-state index >= 15 is 0 Å². The lowest BCUT2D eigenvalue weighted by molar-refractivity contribution is -0.383. The van der Waals surface area contributed by atoms with Crippen molar-refractivity contribution < 1.29 is 24.5 Å². The molecule has 0 radical (unpaired) electrons. The number of carboxylic acids is 1. The van der Waals surface area contributed by atoms with Crippen LogP contribution < -0.4 is 15.7 Å². The molecule has 0 atom stereocenters. The molecule has 10 nitrogen and oxygen atoms in total. The molecule has 0 saturated carbocycles. The number of anilines is 1. The monoisotopic (exact) mass is 333 g/mol. The fraction of sp³-hybridized carbons (Fsp3) is 0.0714. The molecule has 0 spiro atoms. The van der Waals surface area contributed by atoms with Crippen molar-refractivity contribution in [2.75, 3.05) is 11.9 Å². The maximum Gasteiger partial charge on any atom is 0.341 e. The maximum absolute atomic E-state index is 11.8. The summed E-state index contributed by atoms with van der Waals surface area (Å²) in [6.45, 7) is -0.644. The fourth-order valence-electron chi connectivity index (χ4n) is 1.79. The Morgan fingerprint density at radius 1 is 1.25 bits per heavy atom. The first-order chi connectivity index (χ1) is 11.4. The van der Waals surface area contributed by atoms with Crippen LogP contribution in [0.4, 0.5) is 11.4 Å². The highest BCUT2D eigenvalue weighted by Crippen LogP contribution is 2.22. The topological polar surface area (TPSA) is 141 Å². The Labute approximate surface area is 134 Å². The number of nitro groups is 1. The highest BCUT2D eigenvalue weighted by atomic mass is 16.7. The molecule has 124 valence electrons. The van der Waals surface area contributed by atoms with Gasteiger partial charge in [-0.15, -0.1) is 0 Å². The van der Waals surface area contributed by atoms with Crippen LogP contribution in [-0.2, 0) is 4.79 Å². The van der Waals surface area contributed by atoms with Gasteiger partial charge in [0, 0.05) is 12.3 Å². The van der Waals surface area contributed by atoms with E-state index in [0.29, 0.717) is 4.73 Å². The number of hydrogen-bond donors (Lipinski definition) is 2. The van der Waals surface area contributed by atoms with Crippen molar-refractivity contribution in [3.8, 4) is 0 Å². The normalized spacial score (nSPS) is 10.0. The van der Waals surface area contributed by atoms with Crippen LogP contribution in [0.2, 0.25) is 0 Å². The summed E-state index contributed by atoms with van der Waals surface area (Å²) in [5, 5.41) is 22.0. The lowest BCUT2D eigenvalue weighted by Crippen LogP contribution is -2.34. The van der Waals surface area contributed by atoms with Gasteiger partial charge >= 0.3 is 5.97 Å². The molecule has 0 aliphatic rings. The van der Waals surface area contributed by atoms with Crippen LogP contribution in [0.5, 0.6) is 0 Å². The summed E-state index contributed by atoms with van der Waals surface area (Å²) in [4.78, 5) is 49.5. The summed E-state index contributed by atoms with van der Waals surface area (Å²) in [5.74, 6) is -2.18. The van der Waals surface area contributed by atoms with Crippen LogP contribution in [0.15, 0.2) is 47.4 Å². The number of nitrogens with zero attached hydrogens (tertiary/aromatic N) is 2. The summed E-state index contributed by atoms with van der Waals surface area (Å²) in [7, 11) is 0. The summed E-state index contributed by atoms with van der Waals surface area (Å²) >= 11 is 0. The summed E-state index contributed by atoms with van der Waals surface area (Å²) in [5.41, 5.74) is -1.78. The quantitative estimate of drug-likeness (QED) is 0.580. The van der Waals surface area contributed by atoms with E-state index in [1.54, 1.807) is 0 Å². The van der Waals surface area contributed by atoms with E-state index in [-0.39, 0.29) is 11.4 Å². The molecule has 0 bridgehead atoms. The van der Waals surface area contributed by atoms with Crippen LogP contribution in [0, 0.1) is 10.1 Å². The van der Waals surface area contributed by atoms with Gasteiger partial charge in [0.2, 0.25) is 0 Å². The molecule has 0 aliphatic heterocycles. The van der Waals surface area contributed by atoms with Gasteiger partial charge in [-0.25, -0.2) is 4.79 Å². The third kappa shape index (κ3) is 3.74. The van der Waals surface area contributed by atoms with E-state index in [1.165, 1.54) is 30.3 Å². The second kappa shape index (κ2) is 7.05. The van der Waals surface area contributed by atoms with E-state index in [9.17, 15) is 24.5 Å². The first-order valence-electron chi connectivity index (χ1n) is 6.51. The lowest BCUT2D eigenvalue weighted by Gasteiger charge is -2.09. The Hall–Kier alpha value is -3.69. The summed E-state index contributed by atoms with van der Waals surface area (Å²) in [6, 6.07) is 7.87. The molecular weight excluding hydrogens is 322 g/mol. The van der Waals surface area contributed by atoms with Gasteiger partial charge < -0.3 is 15.3 Å². The number of benzene rings is 1. The average molecular weight is 333 g/mol. The minimum atomic E-state index is -1.43. The summed E-state index contributed by atoms with van der Waals surface area (Å²) < 4.78 is 0.600. The summed E-state index contributed by atoms with van der Waals surface area (Å²) in [6.07, 6.45) is 1.15. The number of carbonyl (C=O) groups excluding carboxylic acids is 1. The van der Waals surface area contributed by atoms with E-state index in [0.717, 1.165) is 12.3 Å². The number of nitrogens with one attached hydrogen (secondary N) is 1. The van der Waals surface area contributed by atoms with Crippen molar-refractivity contribution >= 4 is 23.3 Å². The van der Waals surface area contributed by atoms with Crippen LogP contribution >= 0.6 is 0 Å². The van der Waals surface area contributed by atoms with Gasteiger partial charge in [0.15, 0.2) is 6.61 Å². The van der Waals surface area contributed by atoms with E-state index < -0.39 is 34.5 Å². The maximum atomic E-state index is 11.8. The number of para-hydroxylation sites is 2. The predicted molar refractivity (Wildman–Crippen MR) is 80.8 cm³/mol. The largest absolute Gasteiger partial charge is 0.477 e. The van der Waals surface area contributed by atoms with Crippen LogP contribution in [0.3, 0.4) is 0 Å². The number of hydrogen-bond acceptors (Lipinski definition) is 6. The molecule has 10 heteroatoms. The van der Waals surface area contributed by atoms with Crippen molar-refractivity contribution in [3.05, 3.63) is 68.6 Å². The second-order valence-electron chi connectivity index (χ2n) is 4.45. The molecule has 1 amide bonds. The van der Waals surface area contributed by atoms with Gasteiger partial charge in [-0.2, -0.15) is 4.73 Å². The highest BCUT2D eigenvalue weighted by molar-refractivity contribution is 5.93. The molecule has 2 N–H and O–H groups in total. The SMILES string of the molecule is O=C(COn1cccc(C(=O)O)c1=O)Nc1ccccc1[N+](=O)[O-]. The van der Waals surface area contributed by atoms with Gasteiger partial charge in [0.25, 0.3) is 17.2 Å². The van der Waals surface area contributed by atoms with Crippen LogP contribution in [0.25, 0.3) is 0 Å². The highest BCUT2D eigenvalue weighted by Gasteiger charge is 2.16. The molecule has 1 aromatic carbocycles. The number of rotatable bonds is 6. The molecule has 0 saturated heterocycles. The second-order valence-corrected chi connectivity index (χ2v) is 4.45. The molecule has 2 aromatic rings. The number of amides is 1. The third-order valence-electron chi connectivity index (χ3n) is 2.85. The smallest absolute Gasteiger partial charge is 0.341 e. The molecule has 0 fully saturated rings. The first kappa shape index (κ1) is 16.7. The Bertz CT molecular complexity index is 859. The lowest BCUT2D eigenvalue weighted by atomic mass is 10.2. The Morgan fingerprint density at radius 2 is 1.96 bits per heavy atom. The van der Waals surface area contributed by atoms with Gasteiger partial charge in [-0.3, -0.25) is 19.7 Å². The van der Waals surface area contributed by atoms with Crippen molar-refractivity contribution in [2.45, 2.75) is 0 Å². The van der Waals surface area contributed by atoms with Crippen LogP contribution in [-0.4, -0.2) is 33.2 Å². The molecule has 0 aliphatic carbocycles. The van der Waals surface area contributed by atoms with Gasteiger partial charge in [0.05, 0.1) is 4.92 Å². The van der Waals surface area contributed by atoms with Crippen molar-refractivity contribution in [1.29, 1.82) is 0 Å². The van der Waals surface area contributed by atoms with E-state index in [1.807, 2.05) is 0 Å². The third-order valence-corrected chi connectivity index (χ3v) is 2.85. The Balaban J connectivity index is 2.08. The standard InChI is InChI=1S/C14H11N3O7/c18-12(15-10-5-1-2-6-11(10)17(22)23)8-24-16-7-3-4-9(13(16)19)14(20)21/h1-7H,8H2,(H,15,18)(H,20,21). The van der Waals surface area contributed by atoms with E-state index in [4.69, 9.17) is 9.94 Å². The molecule has 0 unspecified atom stereocenters. The minimum Gasteiger partial charge on any atom is -0.477 e. The average Bonchev–Trinajstić information content (AvgIpc) is 2.54.